The monoisotopic (exact) mass is 264 g/mol. The predicted octanol–water partition coefficient (Wildman–Crippen LogP) is 5.04. The molecule has 0 saturated heterocycles. The molecule has 0 spiro atoms. The van der Waals surface area contributed by atoms with E-state index in [1.165, 1.54) is 16.7 Å². The molecule has 0 unspecified atom stereocenters. The zero-order chi connectivity index (χ0) is 13.1. The molecule has 0 aromatic heterocycles. The summed E-state index contributed by atoms with van der Waals surface area (Å²) in [5.74, 6) is 0. The van der Waals surface area contributed by atoms with Crippen molar-refractivity contribution in [2.24, 2.45) is 0 Å². The van der Waals surface area contributed by atoms with E-state index in [9.17, 15) is 0 Å². The summed E-state index contributed by atoms with van der Waals surface area (Å²) in [5.41, 5.74) is 4.63. The van der Waals surface area contributed by atoms with Gasteiger partial charge in [-0.15, -0.1) is 5.70 Å². The number of thioether (sulfide) groups is 1. The Kier molecular flexibility index (Phi) is 3.43. The van der Waals surface area contributed by atoms with Gasteiger partial charge in [-0.05, 0) is 23.0 Å². The number of benzene rings is 1. The fourth-order valence-electron chi connectivity index (χ4n) is 2.14. The van der Waals surface area contributed by atoms with Crippen LogP contribution >= 0.6 is 11.8 Å². The first-order valence-electron chi connectivity index (χ1n) is 6.21. The smallest absolute Gasteiger partial charge is 0.0154 e. The molecule has 1 nitrogen and oxygen atoms in total. The number of hydrogen-bond donors (Lipinski definition) is 0. The second-order valence-corrected chi connectivity index (χ2v) is 5.09. The van der Waals surface area contributed by atoms with Gasteiger partial charge in [-0.3, -0.25) is 0 Å². The molecule has 94 valence electrons. The van der Waals surface area contributed by atoms with Crippen molar-refractivity contribution in [2.75, 3.05) is 6.26 Å². The van der Waals surface area contributed by atoms with Crippen LogP contribution in [0.2, 0.25) is 0 Å². The summed E-state index contributed by atoms with van der Waals surface area (Å²) in [5, 5.41) is 5.85. The van der Waals surface area contributed by atoms with Crippen LogP contribution in [-0.2, 0) is 0 Å². The highest BCUT2D eigenvalue weighted by molar-refractivity contribution is 8.02. The van der Waals surface area contributed by atoms with Gasteiger partial charge < -0.3 is 5.32 Å². The van der Waals surface area contributed by atoms with Crippen LogP contribution in [0.25, 0.3) is 10.9 Å². The predicted molar refractivity (Wildman–Crippen MR) is 84.7 cm³/mol. The van der Waals surface area contributed by atoms with E-state index in [1.54, 1.807) is 11.8 Å². The molecule has 0 bridgehead atoms. The van der Waals surface area contributed by atoms with Crippen LogP contribution in [-0.4, -0.2) is 6.26 Å². The van der Waals surface area contributed by atoms with Crippen LogP contribution in [0.15, 0.2) is 83.1 Å². The van der Waals surface area contributed by atoms with Gasteiger partial charge in [0.1, 0.15) is 0 Å². The number of allylic oxidation sites excluding steroid dienone is 8. The average molecular weight is 264 g/mol. The van der Waals surface area contributed by atoms with Gasteiger partial charge >= 0.3 is 0 Å². The van der Waals surface area contributed by atoms with Crippen LogP contribution in [0, 0.1) is 0 Å². The minimum absolute atomic E-state index is 1.04. The van der Waals surface area contributed by atoms with Gasteiger partial charge in [0.25, 0.3) is 0 Å². The van der Waals surface area contributed by atoms with E-state index in [1.807, 2.05) is 18.2 Å². The Hall–Kier alpha value is -1.93. The highest BCUT2D eigenvalue weighted by Gasteiger charge is 2.05. The summed E-state index contributed by atoms with van der Waals surface area (Å²) in [6.07, 6.45) is 14.6. The molecular formula is C17H14NS-. The molecule has 1 aromatic rings. The van der Waals surface area contributed by atoms with Gasteiger partial charge in [0.05, 0.1) is 0 Å². The van der Waals surface area contributed by atoms with Crippen molar-refractivity contribution in [1.29, 1.82) is 0 Å². The van der Waals surface area contributed by atoms with Crippen molar-refractivity contribution in [3.05, 3.63) is 94.0 Å². The van der Waals surface area contributed by atoms with Crippen molar-refractivity contribution in [2.45, 2.75) is 0 Å². The second kappa shape index (κ2) is 5.37. The first-order chi connectivity index (χ1) is 9.38. The van der Waals surface area contributed by atoms with Crippen molar-refractivity contribution < 1.29 is 0 Å². The minimum atomic E-state index is 1.04. The molecule has 2 aliphatic rings. The molecule has 0 saturated carbocycles. The van der Waals surface area contributed by atoms with Crippen molar-refractivity contribution >= 4 is 17.3 Å². The zero-order valence-corrected chi connectivity index (χ0v) is 11.5. The summed E-state index contributed by atoms with van der Waals surface area (Å²) >= 11 is 1.69. The van der Waals surface area contributed by atoms with Gasteiger partial charge in [-0.25, -0.2) is 0 Å². The topological polar surface area (TPSA) is 14.1 Å². The van der Waals surface area contributed by atoms with Gasteiger partial charge in [0.15, 0.2) is 0 Å². The van der Waals surface area contributed by atoms with Crippen LogP contribution in [0.1, 0.15) is 5.56 Å². The molecule has 0 radical (unpaired) electrons. The minimum Gasteiger partial charge on any atom is -0.651 e. The molecule has 3 rings (SSSR count). The van der Waals surface area contributed by atoms with Crippen LogP contribution in [0.3, 0.4) is 0 Å². The molecule has 2 heteroatoms. The Labute approximate surface area is 118 Å². The van der Waals surface area contributed by atoms with Gasteiger partial charge in [-0.1, -0.05) is 71.8 Å². The van der Waals surface area contributed by atoms with E-state index in [2.05, 4.69) is 54.8 Å². The maximum absolute atomic E-state index is 4.77. The fraction of sp³-hybridized carbons (Fsp3) is 0.0588. The standard InChI is InChI=1S/C17H14NS/c1-19-17-15(13-7-3-2-4-8-13)11-12-16(18-17)14-9-5-6-10-14/h2-12H,1H3/q-1. The Bertz CT molecular complexity index is 616. The molecule has 1 aliphatic carbocycles. The molecule has 1 aliphatic heterocycles. The van der Waals surface area contributed by atoms with Crippen LogP contribution in [0.5, 0.6) is 0 Å². The van der Waals surface area contributed by atoms with Gasteiger partial charge in [0.2, 0.25) is 0 Å². The van der Waals surface area contributed by atoms with Crippen LogP contribution in [0.4, 0.5) is 0 Å². The summed E-state index contributed by atoms with van der Waals surface area (Å²) in [6.45, 7) is 0. The Balaban J connectivity index is 1.99. The molecule has 0 N–H and O–H groups in total. The molecule has 0 amide bonds. The third kappa shape index (κ3) is 2.45. The quantitative estimate of drug-likeness (QED) is 0.729. The molecule has 1 heterocycles. The van der Waals surface area contributed by atoms with Crippen LogP contribution < -0.4 is 0 Å². The van der Waals surface area contributed by atoms with E-state index in [0.29, 0.717) is 0 Å². The lowest BCUT2D eigenvalue weighted by molar-refractivity contribution is 1.47. The van der Waals surface area contributed by atoms with Crippen molar-refractivity contribution in [3.63, 3.8) is 0 Å². The fourth-order valence-corrected chi connectivity index (χ4v) is 2.73. The average Bonchev–Trinajstić information content (AvgIpc) is 3.02. The highest BCUT2D eigenvalue weighted by Crippen LogP contribution is 2.39. The number of hydrogen-bond acceptors (Lipinski definition) is 1. The number of rotatable bonds is 2. The van der Waals surface area contributed by atoms with Crippen molar-refractivity contribution in [3.8, 4) is 0 Å². The summed E-state index contributed by atoms with van der Waals surface area (Å²) in [7, 11) is 0. The largest absolute Gasteiger partial charge is 0.651 e. The molecular weight excluding hydrogens is 250 g/mol. The van der Waals surface area contributed by atoms with E-state index in [0.717, 1.165) is 10.7 Å². The SMILES string of the molecule is CSC1=C(c2ccccc2)C=CC(=C2C=CC=C2)[N-]1. The van der Waals surface area contributed by atoms with E-state index in [4.69, 9.17) is 5.32 Å². The summed E-state index contributed by atoms with van der Waals surface area (Å²) < 4.78 is 0. The second-order valence-electron chi connectivity index (χ2n) is 4.29. The first kappa shape index (κ1) is 12.1. The Morgan fingerprint density at radius 3 is 2.32 bits per heavy atom. The van der Waals surface area contributed by atoms with E-state index < -0.39 is 0 Å². The third-order valence-electron chi connectivity index (χ3n) is 3.10. The van der Waals surface area contributed by atoms with E-state index in [-0.39, 0.29) is 0 Å². The maximum atomic E-state index is 4.77. The first-order valence-corrected chi connectivity index (χ1v) is 7.43. The Morgan fingerprint density at radius 2 is 1.63 bits per heavy atom. The lowest BCUT2D eigenvalue weighted by Crippen LogP contribution is -1.94. The normalized spacial score (nSPS) is 17.3. The lowest BCUT2D eigenvalue weighted by atomic mass is 10.0. The Morgan fingerprint density at radius 1 is 0.895 bits per heavy atom. The maximum Gasteiger partial charge on any atom is -0.0154 e. The van der Waals surface area contributed by atoms with Gasteiger partial charge in [-0.2, -0.15) is 11.8 Å². The number of nitrogens with zero attached hydrogens (tertiary/aromatic N) is 1. The summed E-state index contributed by atoms with van der Waals surface area (Å²) in [6, 6.07) is 10.4. The third-order valence-corrected chi connectivity index (χ3v) is 3.79. The molecule has 0 atom stereocenters. The van der Waals surface area contributed by atoms with Gasteiger partial charge in [0, 0.05) is 0 Å². The van der Waals surface area contributed by atoms with Crippen molar-refractivity contribution in [1.82, 2.24) is 0 Å². The highest BCUT2D eigenvalue weighted by atomic mass is 32.2. The van der Waals surface area contributed by atoms with E-state index >= 15 is 0 Å². The molecule has 19 heavy (non-hydrogen) atoms. The molecule has 1 aromatic carbocycles. The summed E-state index contributed by atoms with van der Waals surface area (Å²) in [4.78, 5) is 0. The molecule has 0 fully saturated rings. The lowest BCUT2D eigenvalue weighted by Gasteiger charge is -2.33. The zero-order valence-electron chi connectivity index (χ0n) is 10.7.